The van der Waals surface area contributed by atoms with Gasteiger partial charge in [-0.15, -0.1) is 0 Å². The minimum atomic E-state index is -1.70. The third-order valence-corrected chi connectivity index (χ3v) is 4.08. The summed E-state index contributed by atoms with van der Waals surface area (Å²) in [6.07, 6.45) is -3.94. The number of likely N-dealkylation sites (N-methyl/N-ethyl adjacent to an activating group) is 2. The number of carbonyl (C=O) groups excluding carboxylic acids is 2. The molecule has 0 heterocycles. The zero-order chi connectivity index (χ0) is 22.4. The van der Waals surface area contributed by atoms with Crippen molar-refractivity contribution in [3.05, 3.63) is 0 Å². The number of rotatable bonds is 13. The van der Waals surface area contributed by atoms with Gasteiger partial charge >= 0.3 is 11.9 Å². The van der Waals surface area contributed by atoms with E-state index in [4.69, 9.17) is 0 Å². The van der Waals surface area contributed by atoms with Gasteiger partial charge in [-0.3, -0.25) is 19.2 Å². The van der Waals surface area contributed by atoms with E-state index in [0.717, 1.165) is 0 Å². The van der Waals surface area contributed by atoms with Crippen LogP contribution in [0.15, 0.2) is 0 Å². The predicted molar refractivity (Wildman–Crippen MR) is 99.3 cm³/mol. The molecule has 162 valence electrons. The van der Waals surface area contributed by atoms with Crippen LogP contribution in [-0.4, -0.2) is 120 Å². The number of carboxylic acids is 2. The number of nitrogens with zero attached hydrogens (tertiary/aromatic N) is 2. The van der Waals surface area contributed by atoms with Crippen molar-refractivity contribution in [2.45, 2.75) is 25.0 Å². The highest BCUT2D eigenvalue weighted by atomic mass is 16.4. The summed E-state index contributed by atoms with van der Waals surface area (Å²) in [6.45, 7) is 0.0211. The lowest BCUT2D eigenvalue weighted by molar-refractivity contribution is -0.873. The Morgan fingerprint density at radius 3 is 1.07 bits per heavy atom. The van der Waals surface area contributed by atoms with E-state index < -0.39 is 60.4 Å². The number of carboxylic acid groups (broad SMARTS) is 2. The average Bonchev–Trinajstić information content (AvgIpc) is 2.40. The number of hydrogen-bond donors (Lipinski definition) is 4. The first-order valence-electron chi connectivity index (χ1n) is 8.94. The number of aliphatic hydroxyl groups excluding tert-OH is 2. The lowest BCUT2D eigenvalue weighted by atomic mass is 9.89. The minimum Gasteiger partial charge on any atom is -0.481 e. The van der Waals surface area contributed by atoms with Crippen LogP contribution in [0, 0.1) is 11.8 Å². The predicted octanol–water partition coefficient (Wildman–Crippen LogP) is -1.56. The zero-order valence-corrected chi connectivity index (χ0v) is 17.5. The van der Waals surface area contributed by atoms with Crippen molar-refractivity contribution < 1.29 is 48.6 Å². The van der Waals surface area contributed by atoms with Crippen molar-refractivity contribution in [1.29, 1.82) is 0 Å². The summed E-state index contributed by atoms with van der Waals surface area (Å²) in [5, 5.41) is 38.8. The van der Waals surface area contributed by atoms with Crippen molar-refractivity contribution in [2.75, 3.05) is 55.4 Å². The molecule has 0 aliphatic heterocycles. The molecule has 4 atom stereocenters. The Balaban J connectivity index is 5.14. The molecular weight excluding hydrogens is 372 g/mol. The van der Waals surface area contributed by atoms with Crippen LogP contribution in [0.2, 0.25) is 0 Å². The molecule has 4 unspecified atom stereocenters. The first-order chi connectivity index (χ1) is 12.5. The zero-order valence-electron chi connectivity index (χ0n) is 17.5. The Hall–Kier alpha value is -1.88. The molecule has 0 radical (unpaired) electrons. The van der Waals surface area contributed by atoms with E-state index in [-0.39, 0.29) is 22.1 Å². The van der Waals surface area contributed by atoms with E-state index in [0.29, 0.717) is 0 Å². The summed E-state index contributed by atoms with van der Waals surface area (Å²) in [6, 6.07) is 0. The van der Waals surface area contributed by atoms with Gasteiger partial charge in [0.05, 0.1) is 42.3 Å². The van der Waals surface area contributed by atoms with E-state index in [2.05, 4.69) is 0 Å². The number of quaternary nitrogens is 2. The lowest BCUT2D eigenvalue weighted by Gasteiger charge is -2.29. The average molecular weight is 406 g/mol. The molecule has 4 N–H and O–H groups in total. The fourth-order valence-electron chi connectivity index (χ4n) is 2.92. The molecule has 0 saturated carbocycles. The van der Waals surface area contributed by atoms with E-state index in [1.165, 1.54) is 0 Å². The second-order valence-corrected chi connectivity index (χ2v) is 9.14. The highest BCUT2D eigenvalue weighted by molar-refractivity contribution is 6.03. The molecule has 0 aromatic rings. The molecule has 0 bridgehead atoms. The molecule has 0 amide bonds. The van der Waals surface area contributed by atoms with E-state index in [1.54, 1.807) is 42.3 Å². The van der Waals surface area contributed by atoms with Crippen molar-refractivity contribution in [2.24, 2.45) is 11.8 Å². The number of aliphatic hydroxyl groups is 2. The summed E-state index contributed by atoms with van der Waals surface area (Å²) in [4.78, 5) is 47.4. The third kappa shape index (κ3) is 9.36. The molecule has 0 aliphatic carbocycles. The normalized spacial score (nSPS) is 16.7. The van der Waals surface area contributed by atoms with Gasteiger partial charge in [-0.1, -0.05) is 0 Å². The minimum absolute atomic E-state index is 0.0105. The van der Waals surface area contributed by atoms with Crippen molar-refractivity contribution in [3.63, 3.8) is 0 Å². The summed E-state index contributed by atoms with van der Waals surface area (Å²) in [5.41, 5.74) is 0. The maximum Gasteiger partial charge on any atom is 0.316 e. The number of hydrogen-bond acceptors (Lipinski definition) is 6. The Bertz CT molecular complexity index is 539. The summed E-state index contributed by atoms with van der Waals surface area (Å²) >= 11 is 0. The van der Waals surface area contributed by atoms with Crippen LogP contribution in [-0.2, 0) is 19.2 Å². The maximum absolute atomic E-state index is 12.3. The Morgan fingerprint density at radius 2 is 0.893 bits per heavy atom. The van der Waals surface area contributed by atoms with Crippen LogP contribution >= 0.6 is 0 Å². The van der Waals surface area contributed by atoms with Crippen LogP contribution in [0.3, 0.4) is 0 Å². The quantitative estimate of drug-likeness (QED) is 0.212. The number of Topliss-reactive ketones (excluding diaryl/α,β-unsaturated/α-hetero) is 2. The molecular formula is C18H34N2O8+2. The van der Waals surface area contributed by atoms with Gasteiger partial charge in [0.15, 0.2) is 0 Å². The van der Waals surface area contributed by atoms with E-state index >= 15 is 0 Å². The molecule has 0 aromatic carbocycles. The van der Waals surface area contributed by atoms with Gasteiger partial charge < -0.3 is 29.4 Å². The Morgan fingerprint density at radius 1 is 0.643 bits per heavy atom. The monoisotopic (exact) mass is 406 g/mol. The smallest absolute Gasteiger partial charge is 0.316 e. The fourth-order valence-corrected chi connectivity index (χ4v) is 2.92. The standard InChI is InChI=1S/C18H32N2O8/c1-19(2,3)9-13(23)15(17(25)26)11(21)7-8-12(22)16(18(27)28)14(24)10-20(4,5)6/h13-16,23-24H,7-10H2,1-6H3/p+2. The second-order valence-electron chi connectivity index (χ2n) is 9.14. The molecule has 0 rings (SSSR count). The first kappa shape index (κ1) is 26.1. The Labute approximate surface area is 165 Å². The largest absolute Gasteiger partial charge is 0.481 e. The third-order valence-electron chi connectivity index (χ3n) is 4.08. The van der Waals surface area contributed by atoms with Gasteiger partial charge in [-0.25, -0.2) is 0 Å². The molecule has 0 fully saturated rings. The van der Waals surface area contributed by atoms with Crippen molar-refractivity contribution in [1.82, 2.24) is 0 Å². The highest BCUT2D eigenvalue weighted by Crippen LogP contribution is 2.17. The topological polar surface area (TPSA) is 149 Å². The highest BCUT2D eigenvalue weighted by Gasteiger charge is 2.39. The van der Waals surface area contributed by atoms with Gasteiger partial charge in [0.25, 0.3) is 0 Å². The van der Waals surface area contributed by atoms with Gasteiger partial charge in [0, 0.05) is 12.8 Å². The van der Waals surface area contributed by atoms with Crippen LogP contribution in [0.25, 0.3) is 0 Å². The van der Waals surface area contributed by atoms with Crippen LogP contribution in [0.5, 0.6) is 0 Å². The number of aliphatic carboxylic acids is 2. The van der Waals surface area contributed by atoms with Crippen LogP contribution < -0.4 is 0 Å². The van der Waals surface area contributed by atoms with Crippen LogP contribution in [0.4, 0.5) is 0 Å². The lowest BCUT2D eigenvalue weighted by Crippen LogP contribution is -2.48. The summed E-state index contributed by atoms with van der Waals surface area (Å²) in [5.74, 6) is -8.12. The van der Waals surface area contributed by atoms with Crippen molar-refractivity contribution in [3.8, 4) is 0 Å². The number of carbonyl (C=O) groups is 4. The van der Waals surface area contributed by atoms with Gasteiger partial charge in [0.1, 0.15) is 48.7 Å². The van der Waals surface area contributed by atoms with Crippen molar-refractivity contribution >= 4 is 23.5 Å². The molecule has 10 heteroatoms. The van der Waals surface area contributed by atoms with E-state index in [1.807, 2.05) is 0 Å². The number of ketones is 2. The molecule has 0 spiro atoms. The van der Waals surface area contributed by atoms with Gasteiger partial charge in [0.2, 0.25) is 0 Å². The molecule has 10 nitrogen and oxygen atoms in total. The van der Waals surface area contributed by atoms with Gasteiger partial charge in [-0.05, 0) is 0 Å². The first-order valence-corrected chi connectivity index (χ1v) is 8.94. The summed E-state index contributed by atoms with van der Waals surface area (Å²) < 4.78 is 0.463. The molecule has 0 aromatic heterocycles. The SMILES string of the molecule is C[N+](C)(C)CC(O)C(C(=O)O)C(=O)CCC(=O)C(C(=O)O)C(O)C[N+](C)(C)C. The summed E-state index contributed by atoms with van der Waals surface area (Å²) in [7, 11) is 10.3. The molecule has 0 saturated heterocycles. The molecule has 0 aliphatic rings. The van der Waals surface area contributed by atoms with Gasteiger partial charge in [-0.2, -0.15) is 0 Å². The fraction of sp³-hybridized carbons (Fsp3) is 0.778. The maximum atomic E-state index is 12.3. The molecule has 28 heavy (non-hydrogen) atoms. The van der Waals surface area contributed by atoms with Crippen LogP contribution in [0.1, 0.15) is 12.8 Å². The Kier molecular flexibility index (Phi) is 9.38. The van der Waals surface area contributed by atoms with E-state index in [9.17, 15) is 39.6 Å². The second kappa shape index (κ2) is 10.1.